The van der Waals surface area contributed by atoms with Crippen molar-refractivity contribution >= 4 is 33.4 Å². The minimum absolute atomic E-state index is 0.113. The van der Waals surface area contributed by atoms with Crippen molar-refractivity contribution in [3.8, 4) is 0 Å². The molecule has 1 aromatic rings. The van der Waals surface area contributed by atoms with Gasteiger partial charge < -0.3 is 10.2 Å². The molecule has 0 aliphatic carbocycles. The van der Waals surface area contributed by atoms with Crippen molar-refractivity contribution < 1.29 is 4.79 Å². The molecule has 0 bridgehead atoms. The van der Waals surface area contributed by atoms with Crippen molar-refractivity contribution in [3.63, 3.8) is 0 Å². The van der Waals surface area contributed by atoms with E-state index >= 15 is 0 Å². The van der Waals surface area contributed by atoms with E-state index in [1.54, 1.807) is 0 Å². The summed E-state index contributed by atoms with van der Waals surface area (Å²) in [6.45, 7) is 5.11. The first-order valence-corrected chi connectivity index (χ1v) is 7.52. The average molecular weight is 334 g/mol. The predicted octanol–water partition coefficient (Wildman–Crippen LogP) is 2.76. The summed E-state index contributed by atoms with van der Waals surface area (Å²) in [7, 11) is 4.11. The highest BCUT2D eigenvalue weighted by Crippen LogP contribution is 2.19. The highest BCUT2D eigenvalue weighted by Gasteiger charge is 2.23. The van der Waals surface area contributed by atoms with E-state index in [2.05, 4.69) is 44.6 Å². The van der Waals surface area contributed by atoms with E-state index in [4.69, 9.17) is 0 Å². The second-order valence-electron chi connectivity index (χ2n) is 5.26. The summed E-state index contributed by atoms with van der Waals surface area (Å²) in [6.07, 6.45) is 2.00. The zero-order valence-electron chi connectivity index (χ0n) is 11.3. The second kappa shape index (κ2) is 6.63. The van der Waals surface area contributed by atoms with E-state index in [1.165, 1.54) is 11.5 Å². The van der Waals surface area contributed by atoms with Gasteiger partial charge in [0, 0.05) is 10.9 Å². The minimum Gasteiger partial charge on any atom is -0.346 e. The Kier molecular flexibility index (Phi) is 5.75. The number of aromatic nitrogens is 1. The molecule has 4 nitrogen and oxygen atoms in total. The maximum absolute atomic E-state index is 12.0. The monoisotopic (exact) mass is 333 g/mol. The average Bonchev–Trinajstić information content (AvgIpc) is 2.62. The van der Waals surface area contributed by atoms with Crippen LogP contribution in [0.3, 0.4) is 0 Å². The Morgan fingerprint density at radius 2 is 2.22 bits per heavy atom. The van der Waals surface area contributed by atoms with Gasteiger partial charge in [0.25, 0.3) is 5.91 Å². The molecule has 0 aliphatic rings. The lowest BCUT2D eigenvalue weighted by molar-refractivity contribution is 0.0902. The number of rotatable bonds is 6. The van der Waals surface area contributed by atoms with Crippen LogP contribution in [-0.4, -0.2) is 41.4 Å². The van der Waals surface area contributed by atoms with Gasteiger partial charge in [-0.1, -0.05) is 0 Å². The van der Waals surface area contributed by atoms with Crippen LogP contribution >= 0.6 is 27.5 Å². The van der Waals surface area contributed by atoms with Crippen LogP contribution in [0.1, 0.15) is 37.2 Å². The zero-order chi connectivity index (χ0) is 13.8. The van der Waals surface area contributed by atoms with Gasteiger partial charge in [0.15, 0.2) is 5.69 Å². The molecule has 102 valence electrons. The molecule has 6 heteroatoms. The van der Waals surface area contributed by atoms with Crippen LogP contribution in [0.2, 0.25) is 0 Å². The maximum atomic E-state index is 12.0. The molecule has 0 aliphatic heterocycles. The van der Waals surface area contributed by atoms with Gasteiger partial charge in [-0.2, -0.15) is 4.37 Å². The summed E-state index contributed by atoms with van der Waals surface area (Å²) in [5.41, 5.74) is 0.261. The summed E-state index contributed by atoms with van der Waals surface area (Å²) in [5, 5.41) is 4.84. The summed E-state index contributed by atoms with van der Waals surface area (Å²) < 4.78 is 4.84. The fraction of sp³-hybridized carbons (Fsp3) is 0.667. The SMILES string of the molecule is CN(C)CCCC(C)(C)NC(=O)c1nscc1Br. The van der Waals surface area contributed by atoms with Gasteiger partial charge in [0.1, 0.15) is 0 Å². The number of carbonyl (C=O) groups excluding carboxylic acids is 1. The molecule has 0 saturated heterocycles. The molecule has 0 spiro atoms. The summed E-state index contributed by atoms with van der Waals surface area (Å²) in [6, 6.07) is 0. The number of hydrogen-bond donors (Lipinski definition) is 1. The van der Waals surface area contributed by atoms with Crippen LogP contribution in [0.5, 0.6) is 0 Å². The third-order valence-electron chi connectivity index (χ3n) is 2.60. The van der Waals surface area contributed by atoms with Crippen LogP contribution in [0.15, 0.2) is 9.85 Å². The van der Waals surface area contributed by atoms with Gasteiger partial charge >= 0.3 is 0 Å². The van der Waals surface area contributed by atoms with Crippen molar-refractivity contribution in [3.05, 3.63) is 15.5 Å². The number of nitrogens with zero attached hydrogens (tertiary/aromatic N) is 2. The Morgan fingerprint density at radius 1 is 1.56 bits per heavy atom. The topological polar surface area (TPSA) is 45.2 Å². The Balaban J connectivity index is 2.50. The first kappa shape index (κ1) is 15.6. The first-order valence-electron chi connectivity index (χ1n) is 5.89. The molecule has 18 heavy (non-hydrogen) atoms. The van der Waals surface area contributed by atoms with E-state index in [0.29, 0.717) is 5.69 Å². The molecular formula is C12H20BrN3OS. The van der Waals surface area contributed by atoms with Gasteiger partial charge in [-0.15, -0.1) is 0 Å². The Labute approximate surface area is 121 Å². The number of carbonyl (C=O) groups is 1. The van der Waals surface area contributed by atoms with Crippen LogP contribution in [0.25, 0.3) is 0 Å². The van der Waals surface area contributed by atoms with Crippen molar-refractivity contribution in [2.45, 2.75) is 32.2 Å². The number of nitrogens with one attached hydrogen (secondary N) is 1. The molecular weight excluding hydrogens is 314 g/mol. The van der Waals surface area contributed by atoms with Crippen LogP contribution in [-0.2, 0) is 0 Å². The summed E-state index contributed by atoms with van der Waals surface area (Å²) in [5.74, 6) is -0.113. The molecule has 0 fully saturated rings. The van der Waals surface area contributed by atoms with Gasteiger partial charge in [0.2, 0.25) is 0 Å². The predicted molar refractivity (Wildman–Crippen MR) is 79.1 cm³/mol. The largest absolute Gasteiger partial charge is 0.346 e. The van der Waals surface area contributed by atoms with E-state index < -0.39 is 0 Å². The molecule has 1 rings (SSSR count). The van der Waals surface area contributed by atoms with Crippen molar-refractivity contribution in [2.75, 3.05) is 20.6 Å². The first-order chi connectivity index (χ1) is 8.32. The lowest BCUT2D eigenvalue weighted by atomic mass is 9.98. The van der Waals surface area contributed by atoms with Crippen molar-refractivity contribution in [2.24, 2.45) is 0 Å². The molecule has 1 amide bonds. The van der Waals surface area contributed by atoms with Gasteiger partial charge in [-0.3, -0.25) is 4.79 Å². The third-order valence-corrected chi connectivity index (χ3v) is 4.14. The summed E-state index contributed by atoms with van der Waals surface area (Å²) >= 11 is 4.60. The Morgan fingerprint density at radius 3 is 2.72 bits per heavy atom. The second-order valence-corrected chi connectivity index (χ2v) is 6.74. The van der Waals surface area contributed by atoms with Crippen LogP contribution in [0.4, 0.5) is 0 Å². The third kappa shape index (κ3) is 5.04. The smallest absolute Gasteiger partial charge is 0.272 e. The fourth-order valence-electron chi connectivity index (χ4n) is 1.64. The molecule has 1 heterocycles. The molecule has 0 radical (unpaired) electrons. The lowest BCUT2D eigenvalue weighted by Crippen LogP contribution is -2.44. The van der Waals surface area contributed by atoms with Gasteiger partial charge in [-0.05, 0) is 74.8 Å². The Bertz CT molecular complexity index is 404. The van der Waals surface area contributed by atoms with E-state index in [1.807, 2.05) is 19.2 Å². The summed E-state index contributed by atoms with van der Waals surface area (Å²) in [4.78, 5) is 14.2. The number of halogens is 1. The maximum Gasteiger partial charge on any atom is 0.272 e. The quantitative estimate of drug-likeness (QED) is 0.870. The molecule has 0 aromatic carbocycles. The van der Waals surface area contributed by atoms with Crippen molar-refractivity contribution in [1.82, 2.24) is 14.6 Å². The standard InChI is InChI=1S/C12H20BrN3OS/c1-12(2,6-5-7-16(3)4)14-11(17)10-9(13)8-18-15-10/h8H,5-7H2,1-4H3,(H,14,17). The van der Waals surface area contributed by atoms with E-state index in [0.717, 1.165) is 23.9 Å². The molecule has 0 atom stereocenters. The fourth-order valence-corrected chi connectivity index (χ4v) is 2.82. The van der Waals surface area contributed by atoms with E-state index in [9.17, 15) is 4.79 Å². The molecule has 0 unspecified atom stereocenters. The van der Waals surface area contributed by atoms with Crippen LogP contribution < -0.4 is 5.32 Å². The Hall–Kier alpha value is -0.460. The lowest BCUT2D eigenvalue weighted by Gasteiger charge is -2.26. The minimum atomic E-state index is -0.212. The number of hydrogen-bond acceptors (Lipinski definition) is 4. The van der Waals surface area contributed by atoms with Gasteiger partial charge in [0.05, 0.1) is 4.47 Å². The molecule has 1 aromatic heterocycles. The zero-order valence-corrected chi connectivity index (χ0v) is 13.7. The molecule has 0 saturated carbocycles. The van der Waals surface area contributed by atoms with Gasteiger partial charge in [-0.25, -0.2) is 0 Å². The molecule has 1 N–H and O–H groups in total. The van der Waals surface area contributed by atoms with Crippen molar-refractivity contribution in [1.29, 1.82) is 0 Å². The van der Waals surface area contributed by atoms with Crippen LogP contribution in [0, 0.1) is 0 Å². The van der Waals surface area contributed by atoms with E-state index in [-0.39, 0.29) is 11.4 Å². The number of amides is 1. The normalized spacial score (nSPS) is 11.9. The highest BCUT2D eigenvalue weighted by atomic mass is 79.9. The highest BCUT2D eigenvalue weighted by molar-refractivity contribution is 9.10.